The molecular weight excluding hydrogens is 322 g/mol. The summed E-state index contributed by atoms with van der Waals surface area (Å²) in [6, 6.07) is 0.473. The topological polar surface area (TPSA) is 74.8 Å². The maximum Gasteiger partial charge on any atom is 0.228 e. The highest BCUT2D eigenvalue weighted by atomic mass is 32.1. The first kappa shape index (κ1) is 14.6. The molecule has 4 aliphatic rings. The Morgan fingerprint density at radius 1 is 1.21 bits per heavy atom. The van der Waals surface area contributed by atoms with Crippen LogP contribution >= 0.6 is 11.3 Å². The number of nitrogens with one attached hydrogen (secondary N) is 1. The third kappa shape index (κ3) is 2.55. The second kappa shape index (κ2) is 5.65. The second-order valence-corrected chi connectivity index (χ2v) is 8.49. The van der Waals surface area contributed by atoms with Crippen molar-refractivity contribution in [2.75, 3.05) is 6.54 Å². The van der Waals surface area contributed by atoms with E-state index in [1.54, 1.807) is 0 Å². The molecule has 4 fully saturated rings. The number of aromatic nitrogens is 4. The van der Waals surface area contributed by atoms with Crippen LogP contribution in [0.25, 0.3) is 10.8 Å². The van der Waals surface area contributed by atoms with E-state index < -0.39 is 0 Å². The van der Waals surface area contributed by atoms with Crippen LogP contribution in [0.2, 0.25) is 0 Å². The Morgan fingerprint density at radius 3 is 2.75 bits per heavy atom. The fraction of sp³-hybridized carbons (Fsp3) is 0.647. The lowest BCUT2D eigenvalue weighted by Gasteiger charge is -2.39. The van der Waals surface area contributed by atoms with Crippen LogP contribution in [0.4, 0.5) is 0 Å². The van der Waals surface area contributed by atoms with Crippen LogP contribution in [0.1, 0.15) is 37.8 Å². The number of carbonyl (C=O) groups is 1. The van der Waals surface area contributed by atoms with Gasteiger partial charge in [0.15, 0.2) is 10.8 Å². The van der Waals surface area contributed by atoms with E-state index in [9.17, 15) is 4.79 Å². The molecule has 0 radical (unpaired) electrons. The first-order valence-corrected chi connectivity index (χ1v) is 9.72. The van der Waals surface area contributed by atoms with Gasteiger partial charge < -0.3 is 4.90 Å². The van der Waals surface area contributed by atoms with Crippen molar-refractivity contribution in [3.05, 3.63) is 17.4 Å². The fourth-order valence-electron chi connectivity index (χ4n) is 5.15. The van der Waals surface area contributed by atoms with Crippen LogP contribution < -0.4 is 0 Å². The first-order chi connectivity index (χ1) is 11.7. The van der Waals surface area contributed by atoms with Crippen molar-refractivity contribution in [3.63, 3.8) is 0 Å². The Labute approximate surface area is 144 Å². The second-order valence-electron chi connectivity index (χ2n) is 7.63. The lowest BCUT2D eigenvalue weighted by Crippen LogP contribution is -2.42. The molecule has 6 nitrogen and oxygen atoms in total. The van der Waals surface area contributed by atoms with Gasteiger partial charge in [-0.3, -0.25) is 9.89 Å². The molecule has 2 unspecified atom stereocenters. The summed E-state index contributed by atoms with van der Waals surface area (Å²) in [6.07, 6.45) is 8.40. The largest absolute Gasteiger partial charge is 0.339 e. The average Bonchev–Trinajstić information content (AvgIpc) is 3.19. The van der Waals surface area contributed by atoms with Gasteiger partial charge in [0.1, 0.15) is 6.33 Å². The van der Waals surface area contributed by atoms with Gasteiger partial charge in [-0.15, -0.1) is 11.3 Å². The predicted molar refractivity (Wildman–Crippen MR) is 90.3 cm³/mol. The van der Waals surface area contributed by atoms with Gasteiger partial charge in [-0.2, -0.15) is 5.10 Å². The number of fused-ring (bicyclic) bond motifs is 1. The number of H-pyrrole nitrogens is 1. The van der Waals surface area contributed by atoms with E-state index in [1.165, 1.54) is 49.8 Å². The minimum absolute atomic E-state index is 0.252. The van der Waals surface area contributed by atoms with Gasteiger partial charge in [0.25, 0.3) is 0 Å². The van der Waals surface area contributed by atoms with Crippen LogP contribution in [-0.2, 0) is 11.2 Å². The number of rotatable bonds is 3. The Hall–Kier alpha value is -1.76. The molecule has 4 heterocycles. The van der Waals surface area contributed by atoms with E-state index in [4.69, 9.17) is 0 Å². The number of aromatic amines is 1. The normalized spacial score (nSPS) is 31.4. The summed E-state index contributed by atoms with van der Waals surface area (Å²) in [5.41, 5.74) is 0.848. The van der Waals surface area contributed by atoms with Gasteiger partial charge >= 0.3 is 0 Å². The van der Waals surface area contributed by atoms with E-state index in [-0.39, 0.29) is 5.91 Å². The Kier molecular flexibility index (Phi) is 3.43. The molecule has 2 aliphatic carbocycles. The Bertz CT molecular complexity index is 728. The molecule has 4 bridgehead atoms. The van der Waals surface area contributed by atoms with Gasteiger partial charge in [-0.05, 0) is 49.9 Å². The van der Waals surface area contributed by atoms with Crippen molar-refractivity contribution in [2.45, 2.75) is 44.6 Å². The van der Waals surface area contributed by atoms with Gasteiger partial charge in [-0.25, -0.2) is 9.97 Å². The van der Waals surface area contributed by atoms with Gasteiger partial charge in [-0.1, -0.05) is 0 Å². The van der Waals surface area contributed by atoms with Crippen LogP contribution in [0, 0.1) is 17.8 Å². The molecule has 1 amide bonds. The molecule has 2 saturated heterocycles. The van der Waals surface area contributed by atoms with Crippen molar-refractivity contribution >= 4 is 17.2 Å². The average molecular weight is 343 g/mol. The molecule has 2 saturated carbocycles. The molecule has 24 heavy (non-hydrogen) atoms. The number of hydrogen-bond acceptors (Lipinski definition) is 5. The van der Waals surface area contributed by atoms with E-state index in [1.807, 2.05) is 5.38 Å². The SMILES string of the molecule is O=C(Cc1csc(-c2ncn[nH]2)n1)N1CC2CC3CC(C2)CC1C3. The van der Waals surface area contributed by atoms with Crippen molar-refractivity contribution in [1.29, 1.82) is 0 Å². The zero-order valence-electron chi connectivity index (χ0n) is 13.5. The summed E-state index contributed by atoms with van der Waals surface area (Å²) in [4.78, 5) is 23.8. The number of amides is 1. The summed E-state index contributed by atoms with van der Waals surface area (Å²) in [6.45, 7) is 0.968. The maximum absolute atomic E-state index is 12.9. The number of nitrogens with zero attached hydrogens (tertiary/aromatic N) is 4. The van der Waals surface area contributed by atoms with Gasteiger partial charge in [0.05, 0.1) is 12.1 Å². The minimum Gasteiger partial charge on any atom is -0.339 e. The summed E-state index contributed by atoms with van der Waals surface area (Å²) >= 11 is 1.51. The molecule has 7 heteroatoms. The predicted octanol–water partition coefficient (Wildman–Crippen LogP) is 2.51. The standard InChI is InChI=1S/C17H21N5OS/c23-15(6-13-8-24-17(20-13)16-18-9-19-21-16)22-7-12-2-10-1-11(3-12)5-14(22)4-10/h8-12,14H,1-7H2,(H,18,19,21). The molecular formula is C17H21N5OS. The zero-order valence-corrected chi connectivity index (χ0v) is 14.3. The van der Waals surface area contributed by atoms with Gasteiger partial charge in [0, 0.05) is 18.0 Å². The van der Waals surface area contributed by atoms with E-state index in [0.29, 0.717) is 18.3 Å². The quantitative estimate of drug-likeness (QED) is 0.929. The van der Waals surface area contributed by atoms with Crippen molar-refractivity contribution in [2.24, 2.45) is 17.8 Å². The molecule has 1 N–H and O–H groups in total. The molecule has 2 aromatic heterocycles. The molecule has 0 spiro atoms. The fourth-order valence-corrected chi connectivity index (χ4v) is 5.92. The summed E-state index contributed by atoms with van der Waals surface area (Å²) in [5.74, 6) is 3.38. The van der Waals surface area contributed by atoms with Crippen LogP contribution in [-0.4, -0.2) is 43.6 Å². The zero-order chi connectivity index (χ0) is 16.1. The van der Waals surface area contributed by atoms with E-state index in [0.717, 1.165) is 35.0 Å². The highest BCUT2D eigenvalue weighted by Crippen LogP contribution is 2.47. The Balaban J connectivity index is 1.32. The van der Waals surface area contributed by atoms with Crippen molar-refractivity contribution in [1.82, 2.24) is 25.1 Å². The molecule has 2 aliphatic heterocycles. The monoisotopic (exact) mass is 343 g/mol. The highest BCUT2D eigenvalue weighted by Gasteiger charge is 2.43. The smallest absolute Gasteiger partial charge is 0.228 e. The first-order valence-electron chi connectivity index (χ1n) is 8.84. The molecule has 126 valence electrons. The third-order valence-corrected chi connectivity index (χ3v) is 6.83. The van der Waals surface area contributed by atoms with E-state index >= 15 is 0 Å². The minimum atomic E-state index is 0.252. The number of hydrogen-bond donors (Lipinski definition) is 1. The van der Waals surface area contributed by atoms with E-state index in [2.05, 4.69) is 25.1 Å². The Morgan fingerprint density at radius 2 is 2.00 bits per heavy atom. The maximum atomic E-state index is 12.9. The van der Waals surface area contributed by atoms with Crippen LogP contribution in [0.5, 0.6) is 0 Å². The van der Waals surface area contributed by atoms with Crippen LogP contribution in [0.15, 0.2) is 11.7 Å². The molecule has 2 atom stereocenters. The summed E-state index contributed by atoms with van der Waals surface area (Å²) in [7, 11) is 0. The number of thiazole rings is 1. The third-order valence-electron chi connectivity index (χ3n) is 5.93. The summed E-state index contributed by atoms with van der Waals surface area (Å²) in [5, 5.41) is 9.45. The molecule has 0 aromatic carbocycles. The van der Waals surface area contributed by atoms with Crippen LogP contribution in [0.3, 0.4) is 0 Å². The van der Waals surface area contributed by atoms with Crippen molar-refractivity contribution in [3.8, 4) is 10.8 Å². The number of carbonyl (C=O) groups excluding carboxylic acids is 1. The summed E-state index contributed by atoms with van der Waals surface area (Å²) < 4.78 is 0. The van der Waals surface area contributed by atoms with Crippen molar-refractivity contribution < 1.29 is 4.79 Å². The highest BCUT2D eigenvalue weighted by molar-refractivity contribution is 7.13. The van der Waals surface area contributed by atoms with Gasteiger partial charge in [0.2, 0.25) is 5.91 Å². The molecule has 2 aromatic rings. The molecule has 6 rings (SSSR count). The lowest BCUT2D eigenvalue weighted by molar-refractivity contribution is -0.133. The lowest BCUT2D eigenvalue weighted by atomic mass is 9.68.